The molecule has 5 heteroatoms. The fraction of sp³-hybridized carbons (Fsp3) is 0.500. The van der Waals surface area contributed by atoms with Crippen LogP contribution < -0.4 is 10.2 Å². The molecule has 2 aliphatic rings. The van der Waals surface area contributed by atoms with Crippen molar-refractivity contribution < 1.29 is 9.59 Å². The van der Waals surface area contributed by atoms with E-state index in [1.165, 1.54) is 0 Å². The van der Waals surface area contributed by atoms with Gasteiger partial charge in [0.1, 0.15) is 11.6 Å². The average Bonchev–Trinajstić information content (AvgIpc) is 2.90. The summed E-state index contributed by atoms with van der Waals surface area (Å²) in [4.78, 5) is 27.0. The molecule has 0 aromatic heterocycles. The van der Waals surface area contributed by atoms with Crippen LogP contribution in [0.2, 0.25) is 5.02 Å². The van der Waals surface area contributed by atoms with Crippen molar-refractivity contribution in [2.75, 3.05) is 4.90 Å². The first-order valence-corrected chi connectivity index (χ1v) is 7.74. The molecule has 1 spiro atoms. The maximum atomic E-state index is 13.0. The number of amides is 2. The lowest BCUT2D eigenvalue weighted by Crippen LogP contribution is -2.69. The zero-order valence-electron chi connectivity index (χ0n) is 12.3. The lowest BCUT2D eigenvalue weighted by molar-refractivity contribution is -0.137. The maximum absolute atomic E-state index is 13.0. The highest BCUT2D eigenvalue weighted by atomic mass is 35.5. The van der Waals surface area contributed by atoms with E-state index in [-0.39, 0.29) is 11.8 Å². The number of anilines is 1. The van der Waals surface area contributed by atoms with Gasteiger partial charge in [0.15, 0.2) is 0 Å². The fourth-order valence-corrected chi connectivity index (χ4v) is 3.56. The molecule has 2 fully saturated rings. The van der Waals surface area contributed by atoms with Gasteiger partial charge in [0.2, 0.25) is 5.91 Å². The second-order valence-corrected chi connectivity index (χ2v) is 6.50. The number of nitrogens with zero attached hydrogens (tertiary/aromatic N) is 1. The summed E-state index contributed by atoms with van der Waals surface area (Å²) in [7, 11) is 0. The van der Waals surface area contributed by atoms with Crippen LogP contribution >= 0.6 is 11.6 Å². The second-order valence-electron chi connectivity index (χ2n) is 6.06. The molecule has 1 saturated heterocycles. The number of hydrogen-bond acceptors (Lipinski definition) is 2. The predicted molar refractivity (Wildman–Crippen MR) is 82.5 cm³/mol. The highest BCUT2D eigenvalue weighted by Gasteiger charge is 2.51. The molecule has 3 rings (SSSR count). The highest BCUT2D eigenvalue weighted by Crippen LogP contribution is 2.37. The van der Waals surface area contributed by atoms with Crippen molar-refractivity contribution in [3.05, 3.63) is 28.8 Å². The van der Waals surface area contributed by atoms with E-state index in [2.05, 4.69) is 5.32 Å². The molecule has 1 aromatic rings. The van der Waals surface area contributed by atoms with Crippen LogP contribution in [0.5, 0.6) is 0 Å². The van der Waals surface area contributed by atoms with E-state index in [4.69, 9.17) is 11.6 Å². The third kappa shape index (κ3) is 2.22. The molecule has 0 radical (unpaired) electrons. The van der Waals surface area contributed by atoms with Crippen LogP contribution in [0.3, 0.4) is 0 Å². The zero-order valence-corrected chi connectivity index (χ0v) is 13.0. The van der Waals surface area contributed by atoms with Crippen molar-refractivity contribution in [1.29, 1.82) is 0 Å². The first-order valence-electron chi connectivity index (χ1n) is 7.36. The summed E-state index contributed by atoms with van der Waals surface area (Å²) in [6, 6.07) is 4.93. The van der Waals surface area contributed by atoms with Gasteiger partial charge in [0.25, 0.3) is 5.91 Å². The first kappa shape index (κ1) is 14.4. The Balaban J connectivity index is 2.08. The van der Waals surface area contributed by atoms with Gasteiger partial charge in [-0.05, 0) is 44.4 Å². The third-order valence-corrected chi connectivity index (χ3v) is 4.88. The first-order chi connectivity index (χ1) is 9.94. The summed E-state index contributed by atoms with van der Waals surface area (Å²) in [5, 5.41) is 3.53. The number of hydrogen-bond donors (Lipinski definition) is 1. The molecule has 21 heavy (non-hydrogen) atoms. The van der Waals surface area contributed by atoms with E-state index < -0.39 is 11.6 Å². The van der Waals surface area contributed by atoms with Gasteiger partial charge in [-0.15, -0.1) is 0 Å². The molecule has 0 bridgehead atoms. The van der Waals surface area contributed by atoms with E-state index in [1.54, 1.807) is 24.0 Å². The maximum Gasteiger partial charge on any atom is 0.253 e. The Labute approximate surface area is 129 Å². The molecule has 1 N–H and O–H groups in total. The molecule has 1 aliphatic carbocycles. The van der Waals surface area contributed by atoms with Crippen molar-refractivity contribution in [2.24, 2.45) is 0 Å². The fourth-order valence-electron chi connectivity index (χ4n) is 3.39. The summed E-state index contributed by atoms with van der Waals surface area (Å²) < 4.78 is 0. The van der Waals surface area contributed by atoms with Gasteiger partial charge in [0, 0.05) is 10.7 Å². The number of rotatable bonds is 1. The van der Waals surface area contributed by atoms with E-state index in [0.29, 0.717) is 5.02 Å². The molecule has 1 aromatic carbocycles. The molecule has 1 heterocycles. The Morgan fingerprint density at radius 3 is 2.62 bits per heavy atom. The largest absolute Gasteiger partial charge is 0.340 e. The normalized spacial score (nSPS) is 24.5. The van der Waals surface area contributed by atoms with Crippen LogP contribution in [0.1, 0.15) is 38.2 Å². The van der Waals surface area contributed by atoms with Crippen molar-refractivity contribution in [2.45, 2.75) is 51.1 Å². The molecule has 1 saturated carbocycles. The van der Waals surface area contributed by atoms with Crippen molar-refractivity contribution in [3.8, 4) is 0 Å². The van der Waals surface area contributed by atoms with E-state index in [1.807, 2.05) is 13.0 Å². The molecule has 1 unspecified atom stereocenters. The Kier molecular flexibility index (Phi) is 3.44. The zero-order chi connectivity index (χ0) is 15.2. The minimum Gasteiger partial charge on any atom is -0.340 e. The van der Waals surface area contributed by atoms with Crippen molar-refractivity contribution >= 4 is 29.1 Å². The summed E-state index contributed by atoms with van der Waals surface area (Å²) in [6.07, 6.45) is 3.40. The standard InChI is InChI=1S/C16H19ClN2O2/c1-10-5-6-12(17)9-13(10)19-11(2)14(20)18-16(15(19)21)7-3-4-8-16/h5-6,9,11H,3-4,7-8H2,1-2H3,(H,18,20). The Morgan fingerprint density at radius 1 is 1.29 bits per heavy atom. The molecular formula is C16H19ClN2O2. The number of nitrogens with one attached hydrogen (secondary N) is 1. The van der Waals surface area contributed by atoms with Gasteiger partial charge in [-0.2, -0.15) is 0 Å². The number of carbonyl (C=O) groups excluding carboxylic acids is 2. The van der Waals surface area contributed by atoms with Crippen LogP contribution in [0.25, 0.3) is 0 Å². The minimum absolute atomic E-state index is 0.00235. The molecule has 4 nitrogen and oxygen atoms in total. The molecule has 112 valence electrons. The van der Waals surface area contributed by atoms with E-state index in [0.717, 1.165) is 36.9 Å². The van der Waals surface area contributed by atoms with Crippen LogP contribution in [-0.4, -0.2) is 23.4 Å². The lowest BCUT2D eigenvalue weighted by atomic mass is 9.90. The van der Waals surface area contributed by atoms with Crippen molar-refractivity contribution in [3.63, 3.8) is 0 Å². The Hall–Kier alpha value is -1.55. The summed E-state index contributed by atoms with van der Waals surface area (Å²) in [5.74, 6) is -0.0895. The smallest absolute Gasteiger partial charge is 0.253 e. The van der Waals surface area contributed by atoms with Crippen LogP contribution in [0.4, 0.5) is 5.69 Å². The molecular weight excluding hydrogens is 288 g/mol. The number of piperazine rings is 1. The SMILES string of the molecule is Cc1ccc(Cl)cc1N1C(=O)C2(CCCC2)NC(=O)C1C. The second kappa shape index (κ2) is 5.02. The average molecular weight is 307 g/mol. The molecule has 1 aliphatic heterocycles. The van der Waals surface area contributed by atoms with Gasteiger partial charge in [-0.1, -0.05) is 30.5 Å². The summed E-state index contributed by atoms with van der Waals surface area (Å²) in [5.41, 5.74) is 0.974. The number of aryl methyl sites for hydroxylation is 1. The molecule has 1 atom stereocenters. The van der Waals surface area contributed by atoms with Gasteiger partial charge in [-0.3, -0.25) is 14.5 Å². The highest BCUT2D eigenvalue weighted by molar-refractivity contribution is 6.31. The third-order valence-electron chi connectivity index (χ3n) is 4.65. The Morgan fingerprint density at radius 2 is 1.95 bits per heavy atom. The Bertz CT molecular complexity index is 608. The van der Waals surface area contributed by atoms with Gasteiger partial charge in [-0.25, -0.2) is 0 Å². The summed E-state index contributed by atoms with van der Waals surface area (Å²) in [6.45, 7) is 3.69. The van der Waals surface area contributed by atoms with Gasteiger partial charge >= 0.3 is 0 Å². The predicted octanol–water partition coefficient (Wildman–Crippen LogP) is 2.81. The van der Waals surface area contributed by atoms with E-state index in [9.17, 15) is 9.59 Å². The topological polar surface area (TPSA) is 49.4 Å². The number of benzene rings is 1. The van der Waals surface area contributed by atoms with Gasteiger partial charge in [0.05, 0.1) is 0 Å². The monoisotopic (exact) mass is 306 g/mol. The minimum atomic E-state index is -0.710. The van der Waals surface area contributed by atoms with Gasteiger partial charge < -0.3 is 5.32 Å². The van der Waals surface area contributed by atoms with Crippen molar-refractivity contribution in [1.82, 2.24) is 5.32 Å². The van der Waals surface area contributed by atoms with Crippen LogP contribution in [0.15, 0.2) is 18.2 Å². The summed E-state index contributed by atoms with van der Waals surface area (Å²) >= 11 is 6.08. The molecule has 2 amide bonds. The number of halogens is 1. The van der Waals surface area contributed by atoms with Crippen LogP contribution in [0, 0.1) is 6.92 Å². The lowest BCUT2D eigenvalue weighted by Gasteiger charge is -2.43. The quantitative estimate of drug-likeness (QED) is 0.867. The van der Waals surface area contributed by atoms with Crippen LogP contribution in [-0.2, 0) is 9.59 Å². The van der Waals surface area contributed by atoms with E-state index >= 15 is 0 Å². The number of carbonyl (C=O) groups is 2.